The number of benzene rings is 8. The normalized spacial score (nSPS) is 9.85. The Hall–Kier alpha value is -8.27. The van der Waals surface area contributed by atoms with Crippen molar-refractivity contribution in [2.45, 2.75) is 362 Å². The van der Waals surface area contributed by atoms with E-state index in [9.17, 15) is 49.9 Å². The number of hydrogen-bond acceptors (Lipinski definition) is 17. The van der Waals surface area contributed by atoms with E-state index >= 15 is 0 Å². The number of carbonyl (C=O) groups is 4. The van der Waals surface area contributed by atoms with Crippen LogP contribution in [0.4, 0.5) is 35.5 Å². The van der Waals surface area contributed by atoms with Crippen molar-refractivity contribution in [3.8, 4) is 28.7 Å². The number of carbonyl (C=O) groups excluding carboxylic acids is 4. The van der Waals surface area contributed by atoms with Crippen LogP contribution in [0.5, 0.6) is 28.7 Å². The highest BCUT2D eigenvalue weighted by atomic mass is 28.2. The minimum Gasteiger partial charge on any atom is -0.488 e. The summed E-state index contributed by atoms with van der Waals surface area (Å²) in [6, 6.07) is 78.0. The van der Waals surface area contributed by atoms with Crippen LogP contribution in [0.15, 0.2) is 243 Å². The van der Waals surface area contributed by atoms with Crippen LogP contribution in [0.1, 0.15) is 279 Å². The first-order chi connectivity index (χ1) is 70.1. The molecular weight excluding hydrogens is 2050 g/mol. The predicted molar refractivity (Wildman–Crippen MR) is 671 cm³/mol. The molecule has 8 aromatic carbocycles. The third kappa shape index (κ3) is 167. The first kappa shape index (κ1) is 183. The van der Waals surface area contributed by atoms with E-state index in [-0.39, 0.29) is 57.8 Å². The highest BCUT2D eigenvalue weighted by molar-refractivity contribution is 6.08. The number of alkyl halides is 7. The molecule has 0 aliphatic rings. The molecule has 17 nitrogen and oxygen atoms in total. The number of para-hydroxylation sites is 5. The third-order valence-corrected chi connectivity index (χ3v) is 14.7. The average molecular weight is 2270 g/mol. The molecule has 0 fully saturated rings. The van der Waals surface area contributed by atoms with Crippen LogP contribution in [0, 0.1) is 0 Å². The molecule has 1 atom stereocenters. The van der Waals surface area contributed by atoms with Gasteiger partial charge < -0.3 is 61.6 Å². The van der Waals surface area contributed by atoms with Crippen LogP contribution in [-0.2, 0) is 37.9 Å². The molecule has 880 valence electrons. The lowest BCUT2D eigenvalue weighted by Gasteiger charge is -2.24. The first-order valence-electron chi connectivity index (χ1n) is 51.7. The second-order valence-corrected chi connectivity index (χ2v) is 39.6. The van der Waals surface area contributed by atoms with E-state index in [0.29, 0.717) is 79.3 Å². The fourth-order valence-electron chi connectivity index (χ4n) is 7.11. The smallest absolute Gasteiger partial charge is 0.488 e. The number of hydrogen-bond donors (Lipinski definition) is 0. The second kappa shape index (κ2) is 124. The van der Waals surface area contributed by atoms with Gasteiger partial charge in [0.2, 0.25) is 0 Å². The molecule has 0 aromatic heterocycles. The Labute approximate surface area is 939 Å². The van der Waals surface area contributed by atoms with E-state index in [1.807, 2.05) is 362 Å². The van der Waals surface area contributed by atoms with Crippen LogP contribution < -0.4 is 23.7 Å². The monoisotopic (exact) mass is 2270 g/mol. The summed E-state index contributed by atoms with van der Waals surface area (Å²) in [5, 5.41) is 0. The van der Waals surface area contributed by atoms with Crippen molar-refractivity contribution in [3.05, 3.63) is 259 Å². The lowest BCUT2D eigenvalue weighted by Crippen LogP contribution is -2.26. The van der Waals surface area contributed by atoms with Crippen LogP contribution in [0.25, 0.3) is 0 Å². The zero-order valence-corrected chi connectivity index (χ0v) is 122. The largest absolute Gasteiger partial charge is 0.514 e. The molecule has 1 unspecified atom stereocenters. The van der Waals surface area contributed by atoms with E-state index < -0.39 is 28.6 Å². The van der Waals surface area contributed by atoms with Crippen molar-refractivity contribution in [3.63, 3.8) is 0 Å². The van der Waals surface area contributed by atoms with Gasteiger partial charge >= 0.3 is 24.1 Å². The number of ether oxygens (including phenoxy) is 13. The summed E-state index contributed by atoms with van der Waals surface area (Å²) in [4.78, 5) is 45.5. The average Bonchev–Trinajstić information content (AvgIpc) is 0.904. The summed E-state index contributed by atoms with van der Waals surface area (Å²) in [5.41, 5.74) is -0.129. The Morgan fingerprint density at radius 3 is 0.580 bits per heavy atom. The van der Waals surface area contributed by atoms with E-state index in [2.05, 4.69) is 73.9 Å². The fraction of sp³-hybridized carbons (Fsp3) is 0.559. The van der Waals surface area contributed by atoms with E-state index in [4.69, 9.17) is 61.6 Å². The van der Waals surface area contributed by atoms with Crippen molar-refractivity contribution in [1.29, 1.82) is 0 Å². The van der Waals surface area contributed by atoms with Gasteiger partial charge in [0.05, 0.1) is 83.7 Å². The summed E-state index contributed by atoms with van der Waals surface area (Å²) < 4.78 is 134. The summed E-state index contributed by atoms with van der Waals surface area (Å²) >= 11 is 0. The van der Waals surface area contributed by atoms with E-state index in [0.717, 1.165) is 29.4 Å². The topological polar surface area (TPSA) is 188 Å². The predicted octanol–water partition coefficient (Wildman–Crippen LogP) is 27.1. The Balaban J connectivity index is -0.0000000780. The molecule has 0 aliphatic carbocycles. The molecule has 0 saturated carbocycles. The van der Waals surface area contributed by atoms with Gasteiger partial charge in [-0.1, -0.05) is 224 Å². The summed E-state index contributed by atoms with van der Waals surface area (Å²) in [6.07, 6.45) is 1.55. The highest BCUT2D eigenvalue weighted by Crippen LogP contribution is 2.23. The maximum atomic E-state index is 11.4. The van der Waals surface area contributed by atoms with E-state index in [1.165, 1.54) is 100 Å². The molecular formula is C118H225F7O17Si8. The van der Waals surface area contributed by atoms with Crippen molar-refractivity contribution >= 4 is 106 Å². The van der Waals surface area contributed by atoms with Gasteiger partial charge in [-0.3, -0.25) is 30.7 Å². The molecule has 0 aliphatic heterocycles. The molecule has 0 spiro atoms. The van der Waals surface area contributed by atoms with Crippen LogP contribution in [0.3, 0.4) is 0 Å². The molecule has 0 radical (unpaired) electrons. The van der Waals surface area contributed by atoms with Crippen molar-refractivity contribution in [2.24, 2.45) is 0 Å². The Morgan fingerprint density at radius 1 is 0.260 bits per heavy atom. The van der Waals surface area contributed by atoms with Crippen LogP contribution >= 0.6 is 0 Å². The molecule has 0 saturated heterocycles. The van der Waals surface area contributed by atoms with Gasteiger partial charge in [0.15, 0.2) is 6.29 Å². The number of halogens is 7. The molecule has 8 aromatic rings. The molecule has 0 N–H and O–H groups in total. The Bertz CT molecular complexity index is 3660. The van der Waals surface area contributed by atoms with Crippen LogP contribution in [-0.4, -0.2) is 246 Å². The number of rotatable bonds is 14. The quantitative estimate of drug-likeness (QED) is 0.0249. The van der Waals surface area contributed by atoms with Gasteiger partial charge in [0.25, 0.3) is 0 Å². The molecule has 8 rings (SSSR count). The van der Waals surface area contributed by atoms with Gasteiger partial charge in [-0.15, -0.1) is 0 Å². The molecule has 0 amide bonds. The van der Waals surface area contributed by atoms with Crippen molar-refractivity contribution < 1.29 is 111 Å². The minimum atomic E-state index is -0.677. The van der Waals surface area contributed by atoms with Gasteiger partial charge in [-0.2, -0.15) is 0 Å². The standard InChI is InChI=1S/C11H14O3.3C11H14O2.C11H16O.C10H14O2.2C10H14O.3C5H12O.C3H10Si.C2H8Si.7CH3F.6CH6Si/c1-11(2,3)14-10(12)13-9-7-5-4-6-8-9;3*1-11(2,3)13-10(12)9-7-5-4-6-8-9;1-4-11(2,3)12-10-8-6-5-7-9-10;1-3-11-9(2)12-10-7-5-4-6-8-10;2*1-10(2,3)11-9-7-5-4-6-8-9;3*1-5(2,3)6-4;1-2-3-4;1-2-3;13*1-2/h4-8H,1-3H3;3*4-8H,1-3H3;5-9H,4H2,1-3H3;4-9H,3H2,1-2H3;2*4-8H,1-3H3;3*1-4H3;2-3H2,1,4H3;2H2,1,3H3;7*1H3;6*1-2H3. The highest BCUT2D eigenvalue weighted by Gasteiger charge is 2.22. The van der Waals surface area contributed by atoms with Crippen molar-refractivity contribution in [1.82, 2.24) is 0 Å². The molecule has 0 heterocycles. The zero-order valence-electron chi connectivity index (χ0n) is 106. The Kier molecular flexibility index (Phi) is 152. The van der Waals surface area contributed by atoms with Gasteiger partial charge in [0, 0.05) is 48.4 Å². The lowest BCUT2D eigenvalue weighted by atomic mass is 10.1. The summed E-state index contributed by atoms with van der Waals surface area (Å²) in [6.45, 7) is 80.6. The molecule has 150 heavy (non-hydrogen) atoms. The van der Waals surface area contributed by atoms with Crippen molar-refractivity contribution in [2.75, 3.05) is 78.2 Å². The first-order valence-corrected chi connectivity index (χ1v) is 66.6. The van der Waals surface area contributed by atoms with Gasteiger partial charge in [0.1, 0.15) is 68.0 Å². The van der Waals surface area contributed by atoms with Crippen LogP contribution in [0.2, 0.25) is 51.4 Å². The summed E-state index contributed by atoms with van der Waals surface area (Å²) in [5.74, 6) is 3.33. The Morgan fingerprint density at radius 2 is 0.427 bits per heavy atom. The maximum absolute atomic E-state index is 11.4. The summed E-state index contributed by atoms with van der Waals surface area (Å²) in [7, 11) is 19.2. The van der Waals surface area contributed by atoms with Gasteiger partial charge in [-0.05, 0) is 380 Å². The molecule has 32 heteroatoms. The van der Waals surface area contributed by atoms with E-state index in [1.54, 1.807) is 103 Å². The maximum Gasteiger partial charge on any atom is 0.514 e. The second-order valence-electron chi connectivity index (χ2n) is 37.2. The SMILES string of the molecule is CC(C)(C)OC(=O)Oc1ccccc1.CC(C)(C)OC(=O)c1ccccc1.CC(C)(C)OC(=O)c1ccccc1.CC(C)(C)OC(=O)c1ccccc1.CC(C)(C)Oc1ccccc1.CC(C)(C)Oc1ccccc1.CCC(C)(C)Oc1ccccc1.CCC[SiH3].CCOC(C)Oc1ccccc1.CC[SiH3].CF.CF.CF.CF.CF.CF.CF.COC(C)(C)C.COC(C)(C)C.COC(C)(C)C.C[SiH3].C[SiH3].C[SiH3].C[SiH3].C[SiH3].C[SiH3]. The third-order valence-electron chi connectivity index (χ3n) is 13.7. The molecule has 0 bridgehead atoms. The minimum absolute atomic E-state index is 0.0417. The fourth-order valence-corrected chi connectivity index (χ4v) is 7.11. The van der Waals surface area contributed by atoms with Gasteiger partial charge in [-0.25, -0.2) is 19.2 Å². The number of esters is 3. The zero-order chi connectivity index (χ0) is 123. The lowest BCUT2D eigenvalue weighted by molar-refractivity contribution is -0.0613. The number of methoxy groups -OCH3 is 3.